The third-order valence-electron chi connectivity index (χ3n) is 6.08. The van der Waals surface area contributed by atoms with Gasteiger partial charge in [0.1, 0.15) is 6.61 Å². The second kappa shape index (κ2) is 11.3. The van der Waals surface area contributed by atoms with E-state index >= 15 is 0 Å². The third-order valence-corrected chi connectivity index (χ3v) is 6.08. The largest absolute Gasteiger partial charge is 0.449 e. The quantitative estimate of drug-likeness (QED) is 0.471. The van der Waals surface area contributed by atoms with Crippen LogP contribution in [0.25, 0.3) is 11.1 Å². The van der Waals surface area contributed by atoms with Crippen LogP contribution in [-0.2, 0) is 9.53 Å². The summed E-state index contributed by atoms with van der Waals surface area (Å²) < 4.78 is 5.70. The van der Waals surface area contributed by atoms with Gasteiger partial charge in [-0.2, -0.15) is 0 Å². The minimum absolute atomic E-state index is 0.0232. The Hall–Kier alpha value is -2.86. The number of ether oxygens (including phenoxy) is 1. The molecule has 0 radical (unpaired) electrons. The van der Waals surface area contributed by atoms with E-state index in [1.54, 1.807) is 0 Å². The van der Waals surface area contributed by atoms with Gasteiger partial charge in [-0.15, -0.1) is 0 Å². The molecule has 0 heterocycles. The average Bonchev–Trinajstić information content (AvgIpc) is 3.08. The smallest absolute Gasteiger partial charge is 0.407 e. The SMILES string of the molecule is CC(C)C[C@@H](CN[C@@H](CC(C)C)C(N)=O)NC(=O)OCC1c2ccccc2-c2ccccc21. The molecule has 0 aromatic heterocycles. The topological polar surface area (TPSA) is 93.5 Å². The lowest BCUT2D eigenvalue weighted by atomic mass is 9.98. The molecule has 3 rings (SSSR count). The Morgan fingerprint density at radius 2 is 1.45 bits per heavy atom. The number of carbonyl (C=O) groups excluding carboxylic acids is 2. The van der Waals surface area contributed by atoms with Gasteiger partial charge in [0.15, 0.2) is 0 Å². The fraction of sp³-hybridized carbons (Fsp3) is 0.481. The van der Waals surface area contributed by atoms with Crippen molar-refractivity contribution in [2.24, 2.45) is 17.6 Å². The number of fused-ring (bicyclic) bond motifs is 3. The molecule has 0 saturated heterocycles. The maximum Gasteiger partial charge on any atom is 0.407 e. The molecule has 1 aliphatic carbocycles. The first-order valence-corrected chi connectivity index (χ1v) is 11.9. The summed E-state index contributed by atoms with van der Waals surface area (Å²) in [4.78, 5) is 24.5. The molecule has 0 bridgehead atoms. The lowest BCUT2D eigenvalue weighted by Crippen LogP contribution is -2.49. The summed E-state index contributed by atoms with van der Waals surface area (Å²) in [5.41, 5.74) is 10.3. The fourth-order valence-electron chi connectivity index (χ4n) is 4.63. The Balaban J connectivity index is 1.61. The molecule has 2 aromatic carbocycles. The number of nitrogens with two attached hydrogens (primary N) is 1. The van der Waals surface area contributed by atoms with Crippen LogP contribution in [-0.4, -0.2) is 37.2 Å². The van der Waals surface area contributed by atoms with Crippen LogP contribution in [0.1, 0.15) is 57.6 Å². The monoisotopic (exact) mass is 451 g/mol. The van der Waals surface area contributed by atoms with E-state index in [4.69, 9.17) is 10.5 Å². The van der Waals surface area contributed by atoms with Gasteiger partial charge in [-0.25, -0.2) is 4.79 Å². The van der Waals surface area contributed by atoms with Gasteiger partial charge in [0.25, 0.3) is 0 Å². The van der Waals surface area contributed by atoms with Gasteiger partial charge < -0.3 is 21.1 Å². The number of alkyl carbamates (subject to hydrolysis) is 1. The zero-order valence-electron chi connectivity index (χ0n) is 20.1. The Morgan fingerprint density at radius 3 is 1.97 bits per heavy atom. The molecule has 2 atom stereocenters. The molecule has 6 heteroatoms. The van der Waals surface area contributed by atoms with Gasteiger partial charge in [0, 0.05) is 18.5 Å². The Labute approximate surface area is 197 Å². The van der Waals surface area contributed by atoms with Crippen molar-refractivity contribution < 1.29 is 14.3 Å². The van der Waals surface area contributed by atoms with Crippen LogP contribution in [0.2, 0.25) is 0 Å². The zero-order chi connectivity index (χ0) is 24.0. The zero-order valence-corrected chi connectivity index (χ0v) is 20.1. The molecular formula is C27H37N3O3. The van der Waals surface area contributed by atoms with E-state index in [1.165, 1.54) is 22.3 Å². The van der Waals surface area contributed by atoms with Gasteiger partial charge in [-0.05, 0) is 46.9 Å². The van der Waals surface area contributed by atoms with Crippen molar-refractivity contribution in [2.45, 2.75) is 58.5 Å². The van der Waals surface area contributed by atoms with E-state index in [9.17, 15) is 9.59 Å². The molecule has 178 valence electrons. The normalized spacial score (nSPS) is 14.6. The van der Waals surface area contributed by atoms with Crippen LogP contribution in [0.5, 0.6) is 0 Å². The summed E-state index contributed by atoms with van der Waals surface area (Å²) >= 11 is 0. The van der Waals surface area contributed by atoms with Crippen LogP contribution >= 0.6 is 0 Å². The first-order chi connectivity index (χ1) is 15.8. The Morgan fingerprint density at radius 1 is 0.909 bits per heavy atom. The van der Waals surface area contributed by atoms with E-state index in [0.717, 1.165) is 6.42 Å². The van der Waals surface area contributed by atoms with Crippen molar-refractivity contribution in [1.82, 2.24) is 10.6 Å². The predicted molar refractivity (Wildman–Crippen MR) is 132 cm³/mol. The second-order valence-electron chi connectivity index (χ2n) is 9.79. The second-order valence-corrected chi connectivity index (χ2v) is 9.79. The van der Waals surface area contributed by atoms with E-state index in [0.29, 0.717) is 24.8 Å². The Bertz CT molecular complexity index is 912. The number of nitrogens with one attached hydrogen (secondary N) is 2. The first-order valence-electron chi connectivity index (χ1n) is 11.9. The number of hydrogen-bond donors (Lipinski definition) is 3. The van der Waals surface area contributed by atoms with Gasteiger partial charge in [-0.1, -0.05) is 76.2 Å². The summed E-state index contributed by atoms with van der Waals surface area (Å²) in [5, 5.41) is 6.23. The predicted octanol–water partition coefficient (Wildman–Crippen LogP) is 4.43. The minimum Gasteiger partial charge on any atom is -0.449 e. The number of hydrogen-bond acceptors (Lipinski definition) is 4. The fourth-order valence-corrected chi connectivity index (χ4v) is 4.63. The third kappa shape index (κ3) is 6.57. The van der Waals surface area contributed by atoms with Crippen LogP contribution in [0.4, 0.5) is 4.79 Å². The van der Waals surface area contributed by atoms with Crippen molar-refractivity contribution >= 4 is 12.0 Å². The molecule has 0 saturated carbocycles. The van der Waals surface area contributed by atoms with Crippen molar-refractivity contribution in [3.8, 4) is 11.1 Å². The molecule has 2 aromatic rings. The molecule has 33 heavy (non-hydrogen) atoms. The van der Waals surface area contributed by atoms with Crippen molar-refractivity contribution in [3.63, 3.8) is 0 Å². The number of carbonyl (C=O) groups is 2. The molecule has 0 aliphatic heterocycles. The highest BCUT2D eigenvalue weighted by Gasteiger charge is 2.29. The number of benzene rings is 2. The van der Waals surface area contributed by atoms with E-state index in [1.807, 2.05) is 24.3 Å². The van der Waals surface area contributed by atoms with E-state index in [-0.39, 0.29) is 24.5 Å². The number of amides is 2. The molecule has 2 amide bonds. The van der Waals surface area contributed by atoms with Gasteiger partial charge in [0.05, 0.1) is 6.04 Å². The summed E-state index contributed by atoms with van der Waals surface area (Å²) in [6.45, 7) is 9.05. The van der Waals surface area contributed by atoms with Gasteiger partial charge in [-0.3, -0.25) is 4.79 Å². The highest BCUT2D eigenvalue weighted by molar-refractivity contribution is 5.80. The molecular weight excluding hydrogens is 414 g/mol. The summed E-state index contributed by atoms with van der Waals surface area (Å²) in [7, 11) is 0. The summed E-state index contributed by atoms with van der Waals surface area (Å²) in [6.07, 6.45) is 0.989. The lowest BCUT2D eigenvalue weighted by Gasteiger charge is -2.25. The van der Waals surface area contributed by atoms with Crippen LogP contribution in [0.15, 0.2) is 48.5 Å². The van der Waals surface area contributed by atoms with Crippen molar-refractivity contribution in [2.75, 3.05) is 13.2 Å². The Kier molecular flexibility index (Phi) is 8.50. The highest BCUT2D eigenvalue weighted by Crippen LogP contribution is 2.44. The van der Waals surface area contributed by atoms with Crippen LogP contribution < -0.4 is 16.4 Å². The number of rotatable bonds is 11. The molecule has 0 fully saturated rings. The maximum absolute atomic E-state index is 12.7. The molecule has 4 N–H and O–H groups in total. The summed E-state index contributed by atoms with van der Waals surface area (Å²) in [5.74, 6) is 0.375. The standard InChI is InChI=1S/C27H37N3O3/c1-17(2)13-19(15-29-25(26(28)31)14-18(3)4)30-27(32)33-16-24-22-11-7-5-9-20(22)21-10-6-8-12-23(21)24/h5-12,17-19,24-25,29H,13-16H2,1-4H3,(H2,28,31)(H,30,32)/t19-,25-/m0/s1. The van der Waals surface area contributed by atoms with Crippen LogP contribution in [0.3, 0.4) is 0 Å². The molecule has 0 spiro atoms. The maximum atomic E-state index is 12.7. The first kappa shape index (κ1) is 24.8. The van der Waals surface area contributed by atoms with Gasteiger partial charge in [0.2, 0.25) is 5.91 Å². The highest BCUT2D eigenvalue weighted by atomic mass is 16.5. The average molecular weight is 452 g/mol. The lowest BCUT2D eigenvalue weighted by molar-refractivity contribution is -0.120. The van der Waals surface area contributed by atoms with Crippen LogP contribution in [0, 0.1) is 11.8 Å². The summed E-state index contributed by atoms with van der Waals surface area (Å²) in [6, 6.07) is 16.0. The molecule has 6 nitrogen and oxygen atoms in total. The van der Waals surface area contributed by atoms with Crippen molar-refractivity contribution in [3.05, 3.63) is 59.7 Å². The molecule has 0 unspecified atom stereocenters. The number of primary amides is 1. The van der Waals surface area contributed by atoms with E-state index in [2.05, 4.69) is 62.6 Å². The van der Waals surface area contributed by atoms with Gasteiger partial charge >= 0.3 is 6.09 Å². The van der Waals surface area contributed by atoms with E-state index < -0.39 is 12.1 Å². The minimum atomic E-state index is -0.441. The molecule has 1 aliphatic rings. The van der Waals surface area contributed by atoms with Crippen molar-refractivity contribution in [1.29, 1.82) is 0 Å².